The molecule has 0 aliphatic heterocycles. The second-order valence-corrected chi connectivity index (χ2v) is 6.77. The number of nitrogens with zero attached hydrogens (tertiary/aromatic N) is 2. The van der Waals surface area contributed by atoms with Gasteiger partial charge >= 0.3 is 0 Å². The van der Waals surface area contributed by atoms with Gasteiger partial charge in [-0.15, -0.1) is 0 Å². The van der Waals surface area contributed by atoms with Crippen LogP contribution in [0.25, 0.3) is 10.9 Å². The molecule has 3 nitrogen and oxygen atoms in total. The Morgan fingerprint density at radius 3 is 2.59 bits per heavy atom. The maximum absolute atomic E-state index is 12.4. The fourth-order valence-corrected chi connectivity index (χ4v) is 3.73. The smallest absolute Gasteiger partial charge is 0.261 e. The van der Waals surface area contributed by atoms with E-state index < -0.39 is 0 Å². The molecule has 0 saturated heterocycles. The number of aromatic nitrogens is 2. The van der Waals surface area contributed by atoms with Crippen LogP contribution in [0.2, 0.25) is 5.02 Å². The Morgan fingerprint density at radius 2 is 1.82 bits per heavy atom. The lowest BCUT2D eigenvalue weighted by molar-refractivity contribution is 0.724. The number of fused-ring (bicyclic) bond motifs is 1. The van der Waals surface area contributed by atoms with Crippen molar-refractivity contribution in [1.29, 1.82) is 0 Å². The standard InChI is InChI=1S/C17H15ClN2OS/c1-11(12-7-3-5-9-14(12)18)22-17-19-15-10-6-4-8-13(15)16(21)20(17)2/h3-11H,1-2H3. The van der Waals surface area contributed by atoms with Crippen LogP contribution in [0.15, 0.2) is 58.5 Å². The van der Waals surface area contributed by atoms with Crippen molar-refractivity contribution in [2.24, 2.45) is 7.05 Å². The number of benzene rings is 2. The number of hydrogen-bond acceptors (Lipinski definition) is 3. The molecule has 3 aromatic rings. The fraction of sp³-hybridized carbons (Fsp3) is 0.176. The molecular formula is C17H15ClN2OS. The van der Waals surface area contributed by atoms with Crippen molar-refractivity contribution < 1.29 is 0 Å². The number of hydrogen-bond donors (Lipinski definition) is 0. The van der Waals surface area contributed by atoms with Gasteiger partial charge in [0.15, 0.2) is 5.16 Å². The Kier molecular flexibility index (Phi) is 4.23. The molecule has 0 saturated carbocycles. The van der Waals surface area contributed by atoms with Gasteiger partial charge in [0.05, 0.1) is 10.9 Å². The van der Waals surface area contributed by atoms with Crippen molar-refractivity contribution in [3.05, 3.63) is 69.5 Å². The van der Waals surface area contributed by atoms with Crippen molar-refractivity contribution in [3.8, 4) is 0 Å². The summed E-state index contributed by atoms with van der Waals surface area (Å²) in [6.45, 7) is 2.06. The Bertz CT molecular complexity index is 891. The summed E-state index contributed by atoms with van der Waals surface area (Å²) in [5.74, 6) is 0. The zero-order valence-electron chi connectivity index (χ0n) is 12.3. The summed E-state index contributed by atoms with van der Waals surface area (Å²) in [5, 5.41) is 2.16. The third kappa shape index (κ3) is 2.76. The minimum Gasteiger partial charge on any atom is -0.290 e. The first-order valence-electron chi connectivity index (χ1n) is 6.95. The summed E-state index contributed by atoms with van der Waals surface area (Å²) >= 11 is 7.78. The molecule has 1 unspecified atom stereocenters. The van der Waals surface area contributed by atoms with Crippen LogP contribution in [0, 0.1) is 0 Å². The molecule has 22 heavy (non-hydrogen) atoms. The van der Waals surface area contributed by atoms with Gasteiger partial charge in [0.1, 0.15) is 0 Å². The first kappa shape index (κ1) is 15.1. The Morgan fingerprint density at radius 1 is 1.14 bits per heavy atom. The molecule has 0 radical (unpaired) electrons. The lowest BCUT2D eigenvalue weighted by Crippen LogP contribution is -2.20. The average molecular weight is 331 g/mol. The first-order valence-corrected chi connectivity index (χ1v) is 8.20. The van der Waals surface area contributed by atoms with E-state index in [2.05, 4.69) is 11.9 Å². The molecule has 2 aromatic carbocycles. The molecule has 112 valence electrons. The topological polar surface area (TPSA) is 34.9 Å². The van der Waals surface area contributed by atoms with Crippen molar-refractivity contribution in [2.75, 3.05) is 0 Å². The van der Waals surface area contributed by atoms with Gasteiger partial charge in [-0.25, -0.2) is 4.98 Å². The van der Waals surface area contributed by atoms with Gasteiger partial charge in [-0.05, 0) is 30.7 Å². The van der Waals surface area contributed by atoms with E-state index >= 15 is 0 Å². The predicted molar refractivity (Wildman–Crippen MR) is 92.7 cm³/mol. The quantitative estimate of drug-likeness (QED) is 0.526. The Balaban J connectivity index is 2.02. The molecular weight excluding hydrogens is 316 g/mol. The zero-order chi connectivity index (χ0) is 15.7. The highest BCUT2D eigenvalue weighted by atomic mass is 35.5. The van der Waals surface area contributed by atoms with E-state index in [9.17, 15) is 4.79 Å². The van der Waals surface area contributed by atoms with Crippen LogP contribution < -0.4 is 5.56 Å². The SMILES string of the molecule is CC(Sc1nc2ccccc2c(=O)n1C)c1ccccc1Cl. The number of halogens is 1. The van der Waals surface area contributed by atoms with Crippen LogP contribution >= 0.6 is 23.4 Å². The summed E-state index contributed by atoms with van der Waals surface area (Å²) in [6.07, 6.45) is 0. The van der Waals surface area contributed by atoms with E-state index in [4.69, 9.17) is 11.6 Å². The van der Waals surface area contributed by atoms with Gasteiger partial charge in [-0.2, -0.15) is 0 Å². The van der Waals surface area contributed by atoms with E-state index in [0.29, 0.717) is 10.5 Å². The molecule has 0 N–H and O–H groups in total. The molecule has 0 amide bonds. The number of para-hydroxylation sites is 1. The van der Waals surface area contributed by atoms with Gasteiger partial charge in [0.2, 0.25) is 0 Å². The highest BCUT2D eigenvalue weighted by Crippen LogP contribution is 2.36. The van der Waals surface area contributed by atoms with E-state index in [1.807, 2.05) is 42.5 Å². The van der Waals surface area contributed by atoms with Crippen molar-refractivity contribution >= 4 is 34.3 Å². The third-order valence-corrected chi connectivity index (χ3v) is 5.10. The maximum Gasteiger partial charge on any atom is 0.261 e. The van der Waals surface area contributed by atoms with E-state index in [-0.39, 0.29) is 10.8 Å². The van der Waals surface area contributed by atoms with Gasteiger partial charge < -0.3 is 0 Å². The van der Waals surface area contributed by atoms with E-state index in [1.54, 1.807) is 17.7 Å². The monoisotopic (exact) mass is 330 g/mol. The van der Waals surface area contributed by atoms with Crippen LogP contribution in [0.4, 0.5) is 0 Å². The van der Waals surface area contributed by atoms with Gasteiger partial charge in [-0.1, -0.05) is 53.7 Å². The number of thioether (sulfide) groups is 1. The second-order valence-electron chi connectivity index (χ2n) is 5.06. The lowest BCUT2D eigenvalue weighted by atomic mass is 10.2. The molecule has 0 spiro atoms. The average Bonchev–Trinajstić information content (AvgIpc) is 2.52. The summed E-state index contributed by atoms with van der Waals surface area (Å²) in [7, 11) is 1.75. The van der Waals surface area contributed by atoms with Crippen LogP contribution in [0.5, 0.6) is 0 Å². The summed E-state index contributed by atoms with van der Waals surface area (Å²) < 4.78 is 1.60. The second kappa shape index (κ2) is 6.15. The zero-order valence-corrected chi connectivity index (χ0v) is 13.9. The molecule has 0 aliphatic carbocycles. The van der Waals surface area contributed by atoms with Gasteiger partial charge in [-0.3, -0.25) is 9.36 Å². The molecule has 1 aromatic heterocycles. The predicted octanol–water partition coefficient (Wildman–Crippen LogP) is 4.44. The molecule has 0 bridgehead atoms. The van der Waals surface area contributed by atoms with Crippen molar-refractivity contribution in [2.45, 2.75) is 17.3 Å². The van der Waals surface area contributed by atoms with Crippen LogP contribution in [0.3, 0.4) is 0 Å². The largest absolute Gasteiger partial charge is 0.290 e. The fourth-order valence-electron chi connectivity index (χ4n) is 2.33. The summed E-state index contributed by atoms with van der Waals surface area (Å²) in [5.41, 5.74) is 1.73. The molecule has 3 rings (SSSR count). The first-order chi connectivity index (χ1) is 10.6. The normalized spacial score (nSPS) is 12.5. The lowest BCUT2D eigenvalue weighted by Gasteiger charge is -2.15. The third-order valence-electron chi connectivity index (χ3n) is 3.57. The highest BCUT2D eigenvalue weighted by Gasteiger charge is 2.15. The Labute approximate surface area is 138 Å². The van der Waals surface area contributed by atoms with Gasteiger partial charge in [0.25, 0.3) is 5.56 Å². The number of rotatable bonds is 3. The molecule has 5 heteroatoms. The highest BCUT2D eigenvalue weighted by molar-refractivity contribution is 7.99. The summed E-state index contributed by atoms with van der Waals surface area (Å²) in [4.78, 5) is 17.0. The molecule has 0 aliphatic rings. The van der Waals surface area contributed by atoms with Crippen LogP contribution in [-0.2, 0) is 7.05 Å². The van der Waals surface area contributed by atoms with Crippen LogP contribution in [0.1, 0.15) is 17.7 Å². The molecule has 1 atom stereocenters. The minimum absolute atomic E-state index is 0.0283. The van der Waals surface area contributed by atoms with E-state index in [0.717, 1.165) is 16.1 Å². The maximum atomic E-state index is 12.4. The van der Waals surface area contributed by atoms with E-state index in [1.165, 1.54) is 11.8 Å². The Hall–Kier alpha value is -1.78. The minimum atomic E-state index is -0.0283. The van der Waals surface area contributed by atoms with Crippen molar-refractivity contribution in [1.82, 2.24) is 9.55 Å². The van der Waals surface area contributed by atoms with Gasteiger partial charge in [0, 0.05) is 17.3 Å². The van der Waals surface area contributed by atoms with Crippen molar-refractivity contribution in [3.63, 3.8) is 0 Å². The summed E-state index contributed by atoms with van der Waals surface area (Å²) in [6, 6.07) is 15.2. The molecule has 1 heterocycles. The van der Waals surface area contributed by atoms with Crippen LogP contribution in [-0.4, -0.2) is 9.55 Å². The molecule has 0 fully saturated rings.